The maximum absolute atomic E-state index is 11.7. The lowest BCUT2D eigenvalue weighted by atomic mass is 10.2. The van der Waals surface area contributed by atoms with E-state index in [9.17, 15) is 18.0 Å². The number of carboxylic acid groups (broad SMARTS) is 1. The molecule has 2 N–H and O–H groups in total. The fourth-order valence-electron chi connectivity index (χ4n) is 1.75. The summed E-state index contributed by atoms with van der Waals surface area (Å²) in [7, 11) is -3.25. The maximum atomic E-state index is 11.7. The molecule has 7 nitrogen and oxygen atoms in total. The standard InChI is InChI=1S/C11H19NO6S/c1-2-19(16,17)7-5-8(11(14)15)12-10(13)9-4-3-6-18-9/h8-9H,2-7H2,1H3,(H,12,13)(H,14,15). The quantitative estimate of drug-likeness (QED) is 0.658. The largest absolute Gasteiger partial charge is 0.480 e. The van der Waals surface area contributed by atoms with Crippen LogP contribution in [0, 0.1) is 0 Å². The Morgan fingerprint density at radius 2 is 2.16 bits per heavy atom. The number of carbonyl (C=O) groups is 2. The molecule has 1 saturated heterocycles. The van der Waals surface area contributed by atoms with E-state index >= 15 is 0 Å². The van der Waals surface area contributed by atoms with Gasteiger partial charge in [0.15, 0.2) is 0 Å². The zero-order valence-electron chi connectivity index (χ0n) is 10.8. The first kappa shape index (κ1) is 15.9. The van der Waals surface area contributed by atoms with Gasteiger partial charge >= 0.3 is 5.97 Å². The highest BCUT2D eigenvalue weighted by Crippen LogP contribution is 2.12. The van der Waals surface area contributed by atoms with Crippen LogP contribution in [0.5, 0.6) is 0 Å². The Morgan fingerprint density at radius 1 is 1.47 bits per heavy atom. The van der Waals surface area contributed by atoms with E-state index in [1.54, 1.807) is 0 Å². The average molecular weight is 293 g/mol. The summed E-state index contributed by atoms with van der Waals surface area (Å²) in [4.78, 5) is 22.7. The van der Waals surface area contributed by atoms with Gasteiger partial charge in [0, 0.05) is 12.4 Å². The highest BCUT2D eigenvalue weighted by molar-refractivity contribution is 7.91. The van der Waals surface area contributed by atoms with Crippen molar-refractivity contribution in [1.29, 1.82) is 0 Å². The lowest BCUT2D eigenvalue weighted by Crippen LogP contribution is -2.46. The minimum absolute atomic E-state index is 0.0426. The number of hydrogen-bond acceptors (Lipinski definition) is 5. The highest BCUT2D eigenvalue weighted by atomic mass is 32.2. The number of aliphatic carboxylic acids is 1. The van der Waals surface area contributed by atoms with Gasteiger partial charge in [-0.3, -0.25) is 4.79 Å². The van der Waals surface area contributed by atoms with Gasteiger partial charge in [-0.1, -0.05) is 6.92 Å². The van der Waals surface area contributed by atoms with Crippen molar-refractivity contribution in [3.8, 4) is 0 Å². The van der Waals surface area contributed by atoms with Crippen LogP contribution >= 0.6 is 0 Å². The van der Waals surface area contributed by atoms with Gasteiger partial charge in [-0.2, -0.15) is 0 Å². The summed E-state index contributed by atoms with van der Waals surface area (Å²) in [5.74, 6) is -2.03. The van der Waals surface area contributed by atoms with Gasteiger partial charge in [0.25, 0.3) is 0 Å². The van der Waals surface area contributed by atoms with Crippen LogP contribution in [0.4, 0.5) is 0 Å². The molecule has 0 aliphatic carbocycles. The Labute approximate surface area is 112 Å². The molecular weight excluding hydrogens is 274 g/mol. The molecule has 0 spiro atoms. The van der Waals surface area contributed by atoms with Crippen molar-refractivity contribution >= 4 is 21.7 Å². The SMILES string of the molecule is CCS(=O)(=O)CCC(NC(=O)C1CCCO1)C(=O)O. The van der Waals surface area contributed by atoms with Crippen LogP contribution in [0.1, 0.15) is 26.2 Å². The van der Waals surface area contributed by atoms with Gasteiger partial charge in [-0.05, 0) is 19.3 Å². The Bertz CT molecular complexity index is 426. The van der Waals surface area contributed by atoms with E-state index in [1.807, 2.05) is 0 Å². The predicted molar refractivity (Wildman–Crippen MR) is 67.5 cm³/mol. The molecule has 0 radical (unpaired) electrons. The fourth-order valence-corrected chi connectivity index (χ4v) is 2.63. The Hall–Kier alpha value is -1.15. The van der Waals surface area contributed by atoms with Crippen LogP contribution < -0.4 is 5.32 Å². The van der Waals surface area contributed by atoms with Crippen molar-refractivity contribution in [3.63, 3.8) is 0 Å². The van der Waals surface area contributed by atoms with E-state index in [0.29, 0.717) is 13.0 Å². The summed E-state index contributed by atoms with van der Waals surface area (Å²) in [5.41, 5.74) is 0. The van der Waals surface area contributed by atoms with Gasteiger partial charge < -0.3 is 15.2 Å². The average Bonchev–Trinajstić information content (AvgIpc) is 2.87. The molecule has 1 aliphatic rings. The molecule has 8 heteroatoms. The van der Waals surface area contributed by atoms with E-state index in [2.05, 4.69) is 5.32 Å². The van der Waals surface area contributed by atoms with E-state index < -0.39 is 33.9 Å². The molecule has 2 unspecified atom stereocenters. The normalized spacial score (nSPS) is 21.0. The van der Waals surface area contributed by atoms with E-state index in [0.717, 1.165) is 6.42 Å². The smallest absolute Gasteiger partial charge is 0.326 e. The summed E-state index contributed by atoms with van der Waals surface area (Å²) in [6.45, 7) is 1.98. The van der Waals surface area contributed by atoms with Crippen LogP contribution in [0.25, 0.3) is 0 Å². The summed E-state index contributed by atoms with van der Waals surface area (Å²) in [6, 6.07) is -1.20. The molecule has 0 aromatic heterocycles. The summed E-state index contributed by atoms with van der Waals surface area (Å²) < 4.78 is 27.8. The predicted octanol–water partition coefficient (Wildman–Crippen LogP) is -0.440. The molecule has 0 saturated carbocycles. The molecule has 1 fully saturated rings. The Balaban J connectivity index is 2.53. The van der Waals surface area contributed by atoms with E-state index in [4.69, 9.17) is 9.84 Å². The Morgan fingerprint density at radius 3 is 2.63 bits per heavy atom. The molecule has 0 aromatic rings. The van der Waals surface area contributed by atoms with Crippen molar-refractivity contribution in [1.82, 2.24) is 5.32 Å². The topological polar surface area (TPSA) is 110 Å². The number of sulfone groups is 1. The molecular formula is C11H19NO6S. The number of amides is 1. The number of hydrogen-bond donors (Lipinski definition) is 2. The molecule has 1 aliphatic heterocycles. The second-order valence-electron chi connectivity index (χ2n) is 4.43. The van der Waals surface area contributed by atoms with E-state index in [-0.39, 0.29) is 17.9 Å². The zero-order chi connectivity index (χ0) is 14.5. The van der Waals surface area contributed by atoms with Crippen LogP contribution in [-0.4, -0.2) is 55.7 Å². The van der Waals surface area contributed by atoms with Gasteiger partial charge in [0.1, 0.15) is 22.0 Å². The maximum Gasteiger partial charge on any atom is 0.326 e. The molecule has 0 bridgehead atoms. The molecule has 19 heavy (non-hydrogen) atoms. The first-order valence-corrected chi connectivity index (χ1v) is 8.03. The molecule has 1 amide bonds. The van der Waals surface area contributed by atoms with Crippen LogP contribution in [0.2, 0.25) is 0 Å². The second kappa shape index (κ2) is 6.85. The summed E-state index contributed by atoms with van der Waals surface area (Å²) >= 11 is 0. The van der Waals surface area contributed by atoms with E-state index in [1.165, 1.54) is 6.92 Å². The third-order valence-electron chi connectivity index (χ3n) is 2.99. The van der Waals surface area contributed by atoms with Gasteiger partial charge in [0.05, 0.1) is 5.75 Å². The third kappa shape index (κ3) is 5.15. The van der Waals surface area contributed by atoms with Crippen molar-refractivity contribution in [2.45, 2.75) is 38.3 Å². The highest BCUT2D eigenvalue weighted by Gasteiger charge is 2.28. The van der Waals surface area contributed by atoms with Crippen molar-refractivity contribution in [2.24, 2.45) is 0 Å². The fraction of sp³-hybridized carbons (Fsp3) is 0.818. The number of rotatable bonds is 7. The van der Waals surface area contributed by atoms with Crippen molar-refractivity contribution in [3.05, 3.63) is 0 Å². The molecule has 2 atom stereocenters. The van der Waals surface area contributed by atoms with Crippen LogP contribution in [-0.2, 0) is 24.2 Å². The minimum atomic E-state index is -3.25. The van der Waals surface area contributed by atoms with Crippen molar-refractivity contribution < 1.29 is 27.9 Å². The first-order valence-electron chi connectivity index (χ1n) is 6.21. The molecule has 110 valence electrons. The van der Waals surface area contributed by atoms with Crippen molar-refractivity contribution in [2.75, 3.05) is 18.1 Å². The Kier molecular flexibility index (Phi) is 5.74. The number of nitrogens with one attached hydrogen (secondary N) is 1. The van der Waals surface area contributed by atoms with Gasteiger partial charge in [-0.25, -0.2) is 13.2 Å². The summed E-state index contributed by atoms with van der Waals surface area (Å²) in [6.07, 6.45) is 0.569. The number of carbonyl (C=O) groups excluding carboxylic acids is 1. The third-order valence-corrected chi connectivity index (χ3v) is 4.73. The molecule has 1 rings (SSSR count). The first-order chi connectivity index (χ1) is 8.85. The number of ether oxygens (including phenoxy) is 1. The lowest BCUT2D eigenvalue weighted by molar-refractivity contribution is -0.143. The summed E-state index contributed by atoms with van der Waals surface area (Å²) in [5, 5.41) is 11.3. The monoisotopic (exact) mass is 293 g/mol. The molecule has 0 aromatic carbocycles. The lowest BCUT2D eigenvalue weighted by Gasteiger charge is -2.16. The van der Waals surface area contributed by atoms with Gasteiger partial charge in [-0.15, -0.1) is 0 Å². The minimum Gasteiger partial charge on any atom is -0.480 e. The van der Waals surface area contributed by atoms with Crippen LogP contribution in [0.3, 0.4) is 0 Å². The molecule has 1 heterocycles. The zero-order valence-corrected chi connectivity index (χ0v) is 11.6. The second-order valence-corrected chi connectivity index (χ2v) is 6.90. The van der Waals surface area contributed by atoms with Gasteiger partial charge in [0.2, 0.25) is 5.91 Å². The number of carboxylic acids is 1. The van der Waals surface area contributed by atoms with Crippen LogP contribution in [0.15, 0.2) is 0 Å².